The molecule has 0 aliphatic rings. The summed E-state index contributed by atoms with van der Waals surface area (Å²) in [6, 6.07) is 4.87. The number of hydrogen-bond acceptors (Lipinski definition) is 3. The van der Waals surface area contributed by atoms with Crippen LogP contribution in [0.2, 0.25) is 0 Å². The predicted octanol–water partition coefficient (Wildman–Crippen LogP) is 1.77. The van der Waals surface area contributed by atoms with Crippen molar-refractivity contribution in [3.63, 3.8) is 0 Å². The number of carbonyl (C=O) groups is 1. The molecule has 1 amide bonds. The van der Waals surface area contributed by atoms with Gasteiger partial charge in [0.1, 0.15) is 0 Å². The van der Waals surface area contributed by atoms with Crippen molar-refractivity contribution in [3.05, 3.63) is 23.8 Å². The first-order chi connectivity index (χ1) is 7.34. The Morgan fingerprint density at radius 2 is 1.75 bits per heavy atom. The Bertz CT molecular complexity index is 379. The van der Waals surface area contributed by atoms with Crippen molar-refractivity contribution in [1.29, 1.82) is 0 Å². The molecule has 0 atom stereocenters. The fourth-order valence-electron chi connectivity index (χ4n) is 1.28. The number of carbonyl (C=O) groups excluding carboxylic acids is 1. The molecule has 0 aliphatic heterocycles. The maximum atomic E-state index is 11.9. The van der Waals surface area contributed by atoms with Crippen molar-refractivity contribution >= 4 is 17.3 Å². The first-order valence-electron chi connectivity index (χ1n) is 5.32. The van der Waals surface area contributed by atoms with Gasteiger partial charge in [-0.1, -0.05) is 6.92 Å². The van der Waals surface area contributed by atoms with Crippen molar-refractivity contribution in [2.45, 2.75) is 32.7 Å². The number of benzene rings is 1. The van der Waals surface area contributed by atoms with E-state index >= 15 is 0 Å². The molecule has 88 valence electrons. The number of nitrogen functional groups attached to an aromatic ring is 2. The summed E-state index contributed by atoms with van der Waals surface area (Å²) >= 11 is 0. The second-order valence-electron chi connectivity index (χ2n) is 4.58. The monoisotopic (exact) mass is 221 g/mol. The first kappa shape index (κ1) is 12.4. The number of anilines is 2. The van der Waals surface area contributed by atoms with Gasteiger partial charge in [0.2, 0.25) is 0 Å². The van der Waals surface area contributed by atoms with E-state index in [1.165, 1.54) is 0 Å². The number of rotatable bonds is 3. The molecule has 0 aromatic heterocycles. The van der Waals surface area contributed by atoms with E-state index in [1.54, 1.807) is 18.2 Å². The summed E-state index contributed by atoms with van der Waals surface area (Å²) in [6.45, 7) is 5.97. The van der Waals surface area contributed by atoms with Crippen LogP contribution in [-0.4, -0.2) is 11.4 Å². The lowest BCUT2D eigenvalue weighted by Crippen LogP contribution is -2.42. The van der Waals surface area contributed by atoms with E-state index in [-0.39, 0.29) is 11.4 Å². The number of nitrogens with two attached hydrogens (primary N) is 2. The third-order valence-electron chi connectivity index (χ3n) is 2.58. The molecule has 0 heterocycles. The largest absolute Gasteiger partial charge is 0.399 e. The fraction of sp³-hybridized carbons (Fsp3) is 0.417. The molecule has 0 fully saturated rings. The van der Waals surface area contributed by atoms with Crippen molar-refractivity contribution in [3.8, 4) is 0 Å². The Hall–Kier alpha value is -1.71. The smallest absolute Gasteiger partial charge is 0.251 e. The van der Waals surface area contributed by atoms with Crippen LogP contribution in [0, 0.1) is 0 Å². The van der Waals surface area contributed by atoms with Crippen LogP contribution in [-0.2, 0) is 0 Å². The van der Waals surface area contributed by atoms with Gasteiger partial charge in [0, 0.05) is 22.5 Å². The van der Waals surface area contributed by atoms with Gasteiger partial charge in [-0.05, 0) is 38.5 Å². The van der Waals surface area contributed by atoms with Gasteiger partial charge in [-0.25, -0.2) is 0 Å². The van der Waals surface area contributed by atoms with Crippen LogP contribution in [0.1, 0.15) is 37.6 Å². The summed E-state index contributed by atoms with van der Waals surface area (Å²) in [4.78, 5) is 11.9. The van der Waals surface area contributed by atoms with E-state index in [0.717, 1.165) is 6.42 Å². The Balaban J connectivity index is 2.89. The number of amides is 1. The van der Waals surface area contributed by atoms with Gasteiger partial charge in [-0.2, -0.15) is 0 Å². The lowest BCUT2D eigenvalue weighted by atomic mass is 10.0. The van der Waals surface area contributed by atoms with Crippen molar-refractivity contribution in [2.24, 2.45) is 0 Å². The lowest BCUT2D eigenvalue weighted by molar-refractivity contribution is 0.0911. The van der Waals surface area contributed by atoms with Crippen LogP contribution in [0.25, 0.3) is 0 Å². The average Bonchev–Trinajstić information content (AvgIpc) is 2.15. The molecule has 0 radical (unpaired) electrons. The molecule has 0 spiro atoms. The molecule has 4 nitrogen and oxygen atoms in total. The molecule has 1 aromatic rings. The van der Waals surface area contributed by atoms with Crippen molar-refractivity contribution in [1.82, 2.24) is 5.32 Å². The minimum atomic E-state index is -0.226. The molecule has 1 aromatic carbocycles. The molecular formula is C12H19N3O. The van der Waals surface area contributed by atoms with Gasteiger partial charge in [0.15, 0.2) is 0 Å². The SMILES string of the molecule is CCC(C)(C)NC(=O)c1cc(N)cc(N)c1. The van der Waals surface area contributed by atoms with Gasteiger partial charge in [0.05, 0.1) is 0 Å². The summed E-state index contributed by atoms with van der Waals surface area (Å²) in [5.41, 5.74) is 12.5. The van der Waals surface area contributed by atoms with Gasteiger partial charge in [-0.3, -0.25) is 4.79 Å². The van der Waals surface area contributed by atoms with Gasteiger partial charge in [0.25, 0.3) is 5.91 Å². The molecule has 0 unspecified atom stereocenters. The second kappa shape index (κ2) is 4.43. The van der Waals surface area contributed by atoms with E-state index in [4.69, 9.17) is 11.5 Å². The molecule has 1 rings (SSSR count). The molecule has 4 heteroatoms. The zero-order chi connectivity index (χ0) is 12.3. The molecule has 0 bridgehead atoms. The highest BCUT2D eigenvalue weighted by molar-refractivity contribution is 5.96. The topological polar surface area (TPSA) is 81.1 Å². The quantitative estimate of drug-likeness (QED) is 0.680. The zero-order valence-corrected chi connectivity index (χ0v) is 10.0. The van der Waals surface area contributed by atoms with Crippen molar-refractivity contribution < 1.29 is 4.79 Å². The normalized spacial score (nSPS) is 11.2. The Kier molecular flexibility index (Phi) is 3.42. The minimum absolute atomic E-state index is 0.147. The number of hydrogen-bond donors (Lipinski definition) is 3. The van der Waals surface area contributed by atoms with E-state index in [1.807, 2.05) is 20.8 Å². The first-order valence-corrected chi connectivity index (χ1v) is 5.32. The summed E-state index contributed by atoms with van der Waals surface area (Å²) < 4.78 is 0. The molecule has 0 aliphatic carbocycles. The highest BCUT2D eigenvalue weighted by atomic mass is 16.1. The summed E-state index contributed by atoms with van der Waals surface area (Å²) in [5.74, 6) is -0.147. The molecule has 5 N–H and O–H groups in total. The fourth-order valence-corrected chi connectivity index (χ4v) is 1.28. The summed E-state index contributed by atoms with van der Waals surface area (Å²) in [7, 11) is 0. The molecule has 16 heavy (non-hydrogen) atoms. The standard InChI is InChI=1S/C12H19N3O/c1-4-12(2,3)15-11(16)8-5-9(13)7-10(14)6-8/h5-7H,4,13-14H2,1-3H3,(H,15,16). The van der Waals surface area contributed by atoms with Crippen LogP contribution in [0.3, 0.4) is 0 Å². The second-order valence-corrected chi connectivity index (χ2v) is 4.58. The zero-order valence-electron chi connectivity index (χ0n) is 10.0. The van der Waals surface area contributed by atoms with E-state index < -0.39 is 0 Å². The predicted molar refractivity (Wildman–Crippen MR) is 67.1 cm³/mol. The van der Waals surface area contributed by atoms with Crippen LogP contribution >= 0.6 is 0 Å². The van der Waals surface area contributed by atoms with Gasteiger partial charge in [-0.15, -0.1) is 0 Å². The van der Waals surface area contributed by atoms with Crippen LogP contribution in [0.4, 0.5) is 11.4 Å². The Morgan fingerprint density at radius 1 is 1.25 bits per heavy atom. The maximum Gasteiger partial charge on any atom is 0.251 e. The third kappa shape index (κ3) is 3.15. The highest BCUT2D eigenvalue weighted by Gasteiger charge is 2.19. The highest BCUT2D eigenvalue weighted by Crippen LogP contribution is 2.15. The third-order valence-corrected chi connectivity index (χ3v) is 2.58. The summed E-state index contributed by atoms with van der Waals surface area (Å²) in [5, 5.41) is 2.93. The molecule has 0 saturated heterocycles. The summed E-state index contributed by atoms with van der Waals surface area (Å²) in [6.07, 6.45) is 0.858. The maximum absolute atomic E-state index is 11.9. The van der Waals surface area contributed by atoms with Gasteiger partial charge >= 0.3 is 0 Å². The number of nitrogens with one attached hydrogen (secondary N) is 1. The minimum Gasteiger partial charge on any atom is -0.399 e. The van der Waals surface area contributed by atoms with Crippen LogP contribution < -0.4 is 16.8 Å². The van der Waals surface area contributed by atoms with E-state index in [2.05, 4.69) is 5.32 Å². The van der Waals surface area contributed by atoms with E-state index in [0.29, 0.717) is 16.9 Å². The van der Waals surface area contributed by atoms with Crippen molar-refractivity contribution in [2.75, 3.05) is 11.5 Å². The van der Waals surface area contributed by atoms with Gasteiger partial charge < -0.3 is 16.8 Å². The Labute approximate surface area is 96.0 Å². The molecular weight excluding hydrogens is 202 g/mol. The van der Waals surface area contributed by atoms with E-state index in [9.17, 15) is 4.79 Å². The van der Waals surface area contributed by atoms with Crippen LogP contribution in [0.15, 0.2) is 18.2 Å². The Morgan fingerprint density at radius 3 is 2.19 bits per heavy atom. The average molecular weight is 221 g/mol. The molecule has 0 saturated carbocycles. The van der Waals surface area contributed by atoms with Crippen LogP contribution in [0.5, 0.6) is 0 Å². The lowest BCUT2D eigenvalue weighted by Gasteiger charge is -2.24.